The highest BCUT2D eigenvalue weighted by Crippen LogP contribution is 2.30. The number of nitrogens with one attached hydrogen (secondary N) is 2. The molecule has 5 nitrogen and oxygen atoms in total. The van der Waals surface area contributed by atoms with Gasteiger partial charge in [0.05, 0.1) is 0 Å². The summed E-state index contributed by atoms with van der Waals surface area (Å²) in [6.45, 7) is 1.06. The normalized spacial score (nSPS) is 11.6. The molecule has 0 saturated carbocycles. The van der Waals surface area contributed by atoms with E-state index in [0.29, 0.717) is 23.8 Å². The van der Waals surface area contributed by atoms with Crippen LogP contribution in [0.2, 0.25) is 5.02 Å². The summed E-state index contributed by atoms with van der Waals surface area (Å²) in [5.41, 5.74) is -0.483. The molecule has 130 valence electrons. The summed E-state index contributed by atoms with van der Waals surface area (Å²) in [4.78, 5) is 9.50. The highest BCUT2D eigenvalue weighted by atomic mass is 35.5. The summed E-state index contributed by atoms with van der Waals surface area (Å²) in [6.07, 6.45) is -4.56. The number of nitrogens with zero attached hydrogens (tertiary/aromatic N) is 3. The first kappa shape index (κ1) is 18.3. The van der Waals surface area contributed by atoms with Crippen molar-refractivity contribution in [3.63, 3.8) is 0 Å². The lowest BCUT2D eigenvalue weighted by Crippen LogP contribution is -2.22. The van der Waals surface area contributed by atoms with Crippen molar-refractivity contribution in [3.8, 4) is 0 Å². The van der Waals surface area contributed by atoms with Crippen LogP contribution in [0.25, 0.3) is 0 Å². The van der Waals surface area contributed by atoms with Crippen molar-refractivity contribution in [1.82, 2.24) is 14.9 Å². The van der Waals surface area contributed by atoms with Crippen LogP contribution < -0.4 is 10.6 Å². The molecule has 0 amide bonds. The molecule has 0 aliphatic rings. The van der Waals surface area contributed by atoms with Crippen molar-refractivity contribution in [1.29, 1.82) is 0 Å². The molecule has 0 saturated heterocycles. The van der Waals surface area contributed by atoms with Crippen molar-refractivity contribution in [2.24, 2.45) is 0 Å². The average molecular weight is 360 g/mol. The predicted molar refractivity (Wildman–Crippen MR) is 88.8 cm³/mol. The SMILES string of the molecule is CN(C)CCNc1nc(Nc2cccc(Cl)c2)cc(C(F)(F)F)n1. The molecule has 1 aromatic heterocycles. The first-order chi connectivity index (χ1) is 11.2. The molecule has 2 N–H and O–H groups in total. The molecule has 24 heavy (non-hydrogen) atoms. The van der Waals surface area contributed by atoms with E-state index in [1.807, 2.05) is 19.0 Å². The number of alkyl halides is 3. The van der Waals surface area contributed by atoms with E-state index in [9.17, 15) is 13.2 Å². The standard InChI is InChI=1S/C15H17ClF3N5/c1-24(2)7-6-20-14-22-12(15(17,18)19)9-13(23-14)21-11-5-3-4-10(16)8-11/h3-5,8-9H,6-7H2,1-2H3,(H2,20,21,22,23). The van der Waals surface area contributed by atoms with Crippen LogP contribution in [0.4, 0.5) is 30.6 Å². The number of hydrogen-bond donors (Lipinski definition) is 2. The lowest BCUT2D eigenvalue weighted by Gasteiger charge is -2.14. The molecule has 0 atom stereocenters. The summed E-state index contributed by atoms with van der Waals surface area (Å²) in [5, 5.41) is 6.07. The Labute approximate surface area is 142 Å². The van der Waals surface area contributed by atoms with E-state index >= 15 is 0 Å². The highest BCUT2D eigenvalue weighted by molar-refractivity contribution is 6.30. The molecule has 0 aliphatic heterocycles. The van der Waals surface area contributed by atoms with Gasteiger partial charge in [-0.2, -0.15) is 18.2 Å². The number of anilines is 3. The van der Waals surface area contributed by atoms with E-state index in [0.717, 1.165) is 6.07 Å². The summed E-state index contributed by atoms with van der Waals surface area (Å²) in [7, 11) is 3.72. The fraction of sp³-hybridized carbons (Fsp3) is 0.333. The molecule has 9 heteroatoms. The first-order valence-electron chi connectivity index (χ1n) is 7.11. The number of halogens is 4. The van der Waals surface area contributed by atoms with Gasteiger partial charge < -0.3 is 15.5 Å². The Morgan fingerprint density at radius 3 is 2.54 bits per heavy atom. The lowest BCUT2D eigenvalue weighted by molar-refractivity contribution is -0.141. The molecule has 0 fully saturated rings. The van der Waals surface area contributed by atoms with Gasteiger partial charge in [-0.25, -0.2) is 4.98 Å². The van der Waals surface area contributed by atoms with Crippen molar-refractivity contribution < 1.29 is 13.2 Å². The minimum Gasteiger partial charge on any atom is -0.353 e. The van der Waals surface area contributed by atoms with Crippen LogP contribution in [0.5, 0.6) is 0 Å². The Hall–Kier alpha value is -2.06. The molecule has 2 aromatic rings. The van der Waals surface area contributed by atoms with Gasteiger partial charge >= 0.3 is 6.18 Å². The van der Waals surface area contributed by atoms with Gasteiger partial charge in [-0.1, -0.05) is 17.7 Å². The third-order valence-corrected chi connectivity index (χ3v) is 3.19. The zero-order valence-electron chi connectivity index (χ0n) is 13.2. The molecule has 2 rings (SSSR count). The van der Waals surface area contributed by atoms with E-state index in [1.165, 1.54) is 0 Å². The average Bonchev–Trinajstić information content (AvgIpc) is 2.45. The van der Waals surface area contributed by atoms with Crippen LogP contribution in [0.15, 0.2) is 30.3 Å². The Morgan fingerprint density at radius 2 is 1.92 bits per heavy atom. The van der Waals surface area contributed by atoms with Gasteiger partial charge in [-0.05, 0) is 32.3 Å². The van der Waals surface area contributed by atoms with Crippen molar-refractivity contribution in [2.45, 2.75) is 6.18 Å². The van der Waals surface area contributed by atoms with Crippen LogP contribution >= 0.6 is 11.6 Å². The van der Waals surface area contributed by atoms with Gasteiger partial charge in [0.2, 0.25) is 5.95 Å². The highest BCUT2D eigenvalue weighted by Gasteiger charge is 2.33. The minimum absolute atomic E-state index is 0.0342. The van der Waals surface area contributed by atoms with E-state index < -0.39 is 11.9 Å². The quantitative estimate of drug-likeness (QED) is 0.820. The van der Waals surface area contributed by atoms with Crippen LogP contribution in [-0.2, 0) is 6.18 Å². The van der Waals surface area contributed by atoms with Gasteiger partial charge in [0, 0.05) is 29.9 Å². The molecule has 0 bridgehead atoms. The fourth-order valence-corrected chi connectivity index (χ4v) is 2.03. The zero-order chi connectivity index (χ0) is 17.7. The maximum absolute atomic E-state index is 13.0. The van der Waals surface area contributed by atoms with E-state index in [2.05, 4.69) is 20.6 Å². The maximum atomic E-state index is 13.0. The Bertz CT molecular complexity index is 691. The second-order valence-electron chi connectivity index (χ2n) is 5.33. The van der Waals surface area contributed by atoms with Gasteiger partial charge in [0.1, 0.15) is 5.82 Å². The topological polar surface area (TPSA) is 53.1 Å². The molecule has 0 spiro atoms. The smallest absolute Gasteiger partial charge is 0.353 e. The third kappa shape index (κ3) is 5.54. The van der Waals surface area contributed by atoms with E-state index in [4.69, 9.17) is 11.6 Å². The second kappa shape index (κ2) is 7.67. The first-order valence-corrected chi connectivity index (χ1v) is 7.49. The van der Waals surface area contributed by atoms with Gasteiger partial charge in [-0.3, -0.25) is 0 Å². The predicted octanol–water partition coefficient (Wildman–Crippen LogP) is 3.87. The number of likely N-dealkylation sites (N-methyl/N-ethyl adjacent to an activating group) is 1. The largest absolute Gasteiger partial charge is 0.433 e. The fourth-order valence-electron chi connectivity index (χ4n) is 1.84. The maximum Gasteiger partial charge on any atom is 0.433 e. The number of benzene rings is 1. The summed E-state index contributed by atoms with van der Waals surface area (Å²) < 4.78 is 39.1. The monoisotopic (exact) mass is 359 g/mol. The van der Waals surface area contributed by atoms with E-state index in [1.54, 1.807) is 24.3 Å². The molecular weight excluding hydrogens is 343 g/mol. The number of hydrogen-bond acceptors (Lipinski definition) is 5. The van der Waals surface area contributed by atoms with Gasteiger partial charge in [0.25, 0.3) is 0 Å². The number of rotatable bonds is 6. The van der Waals surface area contributed by atoms with Crippen LogP contribution in [0.1, 0.15) is 5.69 Å². The Morgan fingerprint density at radius 1 is 1.17 bits per heavy atom. The van der Waals surface area contributed by atoms with Crippen molar-refractivity contribution in [2.75, 3.05) is 37.8 Å². The zero-order valence-corrected chi connectivity index (χ0v) is 13.9. The third-order valence-electron chi connectivity index (χ3n) is 2.96. The molecule has 1 aromatic carbocycles. The number of aromatic nitrogens is 2. The lowest BCUT2D eigenvalue weighted by atomic mass is 10.3. The molecule has 0 aliphatic carbocycles. The van der Waals surface area contributed by atoms with Crippen LogP contribution in [0, 0.1) is 0 Å². The molecule has 0 unspecified atom stereocenters. The molecule has 0 radical (unpaired) electrons. The summed E-state index contributed by atoms with van der Waals surface area (Å²) in [5.74, 6) is -0.0526. The van der Waals surface area contributed by atoms with Gasteiger partial charge in [-0.15, -0.1) is 0 Å². The molecular formula is C15H17ClF3N5. The molecule has 1 heterocycles. The van der Waals surface area contributed by atoms with E-state index in [-0.39, 0.29) is 11.8 Å². The van der Waals surface area contributed by atoms with Crippen LogP contribution in [-0.4, -0.2) is 42.1 Å². The minimum atomic E-state index is -4.56. The van der Waals surface area contributed by atoms with Crippen LogP contribution in [0.3, 0.4) is 0 Å². The summed E-state index contributed by atoms with van der Waals surface area (Å²) in [6, 6.07) is 7.49. The van der Waals surface area contributed by atoms with Crippen molar-refractivity contribution in [3.05, 3.63) is 41.0 Å². The van der Waals surface area contributed by atoms with Crippen molar-refractivity contribution >= 4 is 29.1 Å². The Kier molecular flexibility index (Phi) is 5.84. The summed E-state index contributed by atoms with van der Waals surface area (Å²) >= 11 is 5.87. The Balaban J connectivity index is 2.25. The van der Waals surface area contributed by atoms with Gasteiger partial charge in [0.15, 0.2) is 5.69 Å². The second-order valence-corrected chi connectivity index (χ2v) is 5.76.